The zero-order valence-electron chi connectivity index (χ0n) is 16.0. The highest BCUT2D eigenvalue weighted by molar-refractivity contribution is 9.10. The lowest BCUT2D eigenvalue weighted by molar-refractivity contribution is -0.113. The molecule has 0 spiro atoms. The van der Waals surface area contributed by atoms with Crippen LogP contribution in [0.3, 0.4) is 0 Å². The van der Waals surface area contributed by atoms with Gasteiger partial charge in [0.1, 0.15) is 5.75 Å². The fourth-order valence-corrected chi connectivity index (χ4v) is 4.19. The molecule has 3 aromatic rings. The van der Waals surface area contributed by atoms with Gasteiger partial charge in [0.15, 0.2) is 11.0 Å². The van der Waals surface area contributed by atoms with Gasteiger partial charge in [0.25, 0.3) is 0 Å². The highest BCUT2D eigenvalue weighted by atomic mass is 79.9. The molecule has 0 aliphatic rings. The van der Waals surface area contributed by atoms with E-state index < -0.39 is 0 Å². The lowest BCUT2D eigenvalue weighted by atomic mass is 10.2. The first-order valence-electron chi connectivity index (χ1n) is 9.06. The lowest BCUT2D eigenvalue weighted by Gasteiger charge is -2.09. The number of carbonyl (C=O) groups is 1. The Balaban J connectivity index is 1.67. The van der Waals surface area contributed by atoms with Gasteiger partial charge in [0, 0.05) is 16.6 Å². The smallest absolute Gasteiger partial charge is 0.234 e. The highest BCUT2D eigenvalue weighted by Crippen LogP contribution is 2.28. The molecular formula is C20H20BrClN4O2S. The first-order chi connectivity index (χ1) is 14.0. The summed E-state index contributed by atoms with van der Waals surface area (Å²) in [5.41, 5.74) is 1.52. The summed E-state index contributed by atoms with van der Waals surface area (Å²) in [6, 6.07) is 13.1. The molecule has 1 N–H and O–H groups in total. The number of anilines is 1. The SMILES string of the molecule is CCOc1ccc(-c2nnc(SCC(=O)Nc3ccc(Br)cc3Cl)n2CC)cc1. The number of nitrogens with zero attached hydrogens (tertiary/aromatic N) is 3. The number of rotatable bonds is 8. The minimum atomic E-state index is -0.160. The van der Waals surface area contributed by atoms with E-state index in [1.54, 1.807) is 12.1 Å². The summed E-state index contributed by atoms with van der Waals surface area (Å²) in [4.78, 5) is 12.3. The van der Waals surface area contributed by atoms with Gasteiger partial charge in [-0.25, -0.2) is 0 Å². The Kier molecular flexibility index (Phi) is 7.57. The van der Waals surface area contributed by atoms with Crippen LogP contribution < -0.4 is 10.1 Å². The van der Waals surface area contributed by atoms with Gasteiger partial charge < -0.3 is 14.6 Å². The standard InChI is InChI=1S/C20H20BrClN4O2S/c1-3-26-19(13-5-8-15(9-6-13)28-4-2)24-25-20(26)29-12-18(27)23-17-10-7-14(21)11-16(17)22/h5-11H,3-4,12H2,1-2H3,(H,23,27). The maximum absolute atomic E-state index is 12.3. The Morgan fingerprint density at radius 1 is 1.21 bits per heavy atom. The van der Waals surface area contributed by atoms with Gasteiger partial charge in [-0.05, 0) is 56.3 Å². The van der Waals surface area contributed by atoms with Crippen LogP contribution in [0.25, 0.3) is 11.4 Å². The van der Waals surface area contributed by atoms with Gasteiger partial charge in [-0.1, -0.05) is 39.3 Å². The van der Waals surface area contributed by atoms with Crippen LogP contribution in [0.2, 0.25) is 5.02 Å². The van der Waals surface area contributed by atoms with Crippen LogP contribution in [-0.4, -0.2) is 33.0 Å². The predicted octanol–water partition coefficient (Wildman–Crippen LogP) is 5.51. The Labute approximate surface area is 187 Å². The Bertz CT molecular complexity index is 995. The van der Waals surface area contributed by atoms with Gasteiger partial charge in [0.05, 0.1) is 23.1 Å². The summed E-state index contributed by atoms with van der Waals surface area (Å²) < 4.78 is 8.32. The zero-order chi connectivity index (χ0) is 20.8. The maximum atomic E-state index is 12.3. The van der Waals surface area contributed by atoms with Crippen molar-refractivity contribution in [2.45, 2.75) is 25.5 Å². The number of aromatic nitrogens is 3. The van der Waals surface area contributed by atoms with Crippen LogP contribution in [0.15, 0.2) is 52.1 Å². The third kappa shape index (κ3) is 5.52. The number of hydrogen-bond donors (Lipinski definition) is 1. The molecule has 0 atom stereocenters. The molecule has 0 aliphatic carbocycles. The number of benzene rings is 2. The highest BCUT2D eigenvalue weighted by Gasteiger charge is 2.15. The van der Waals surface area contributed by atoms with E-state index in [4.69, 9.17) is 16.3 Å². The lowest BCUT2D eigenvalue weighted by Crippen LogP contribution is -2.15. The van der Waals surface area contributed by atoms with Crippen molar-refractivity contribution in [3.8, 4) is 17.1 Å². The molecule has 0 saturated heterocycles. The van der Waals surface area contributed by atoms with Crippen LogP contribution in [0, 0.1) is 0 Å². The second-order valence-corrected chi connectivity index (χ2v) is 8.23. The quantitative estimate of drug-likeness (QED) is 0.417. The van der Waals surface area contributed by atoms with Crippen molar-refractivity contribution < 1.29 is 9.53 Å². The zero-order valence-corrected chi connectivity index (χ0v) is 19.1. The Morgan fingerprint density at radius 3 is 2.62 bits per heavy atom. The fraction of sp³-hybridized carbons (Fsp3) is 0.250. The van der Waals surface area contributed by atoms with Crippen molar-refractivity contribution in [1.82, 2.24) is 14.8 Å². The van der Waals surface area contributed by atoms with Crippen LogP contribution in [0.1, 0.15) is 13.8 Å². The van der Waals surface area contributed by atoms with Gasteiger partial charge in [-0.2, -0.15) is 0 Å². The summed E-state index contributed by atoms with van der Waals surface area (Å²) in [6.07, 6.45) is 0. The number of thioether (sulfide) groups is 1. The summed E-state index contributed by atoms with van der Waals surface area (Å²) >= 11 is 10.8. The predicted molar refractivity (Wildman–Crippen MR) is 121 cm³/mol. The Hall–Kier alpha value is -2.03. The molecule has 2 aromatic carbocycles. The van der Waals surface area contributed by atoms with Crippen molar-refractivity contribution in [2.24, 2.45) is 0 Å². The summed E-state index contributed by atoms with van der Waals surface area (Å²) in [5.74, 6) is 1.62. The van der Waals surface area contributed by atoms with Crippen LogP contribution in [-0.2, 0) is 11.3 Å². The molecule has 0 unspecified atom stereocenters. The molecule has 9 heteroatoms. The first kappa shape index (κ1) is 21.7. The molecule has 0 fully saturated rings. The fourth-order valence-electron chi connectivity index (χ4n) is 2.67. The third-order valence-electron chi connectivity index (χ3n) is 3.99. The molecule has 1 amide bonds. The van der Waals surface area contributed by atoms with Gasteiger partial charge in [-0.15, -0.1) is 10.2 Å². The molecule has 0 aliphatic heterocycles. The monoisotopic (exact) mass is 494 g/mol. The van der Waals surface area contributed by atoms with Crippen molar-refractivity contribution in [3.05, 3.63) is 52.0 Å². The number of ether oxygens (including phenoxy) is 1. The molecule has 1 heterocycles. The van der Waals surface area contributed by atoms with Crippen LogP contribution >= 0.6 is 39.3 Å². The summed E-state index contributed by atoms with van der Waals surface area (Å²) in [6.45, 7) is 5.29. The molecule has 0 saturated carbocycles. The van der Waals surface area contributed by atoms with Crippen molar-refractivity contribution in [1.29, 1.82) is 0 Å². The third-order valence-corrected chi connectivity index (χ3v) is 5.77. The van der Waals surface area contributed by atoms with Gasteiger partial charge in [0.2, 0.25) is 5.91 Å². The maximum Gasteiger partial charge on any atom is 0.234 e. The van der Waals surface area contributed by atoms with E-state index >= 15 is 0 Å². The number of nitrogens with one attached hydrogen (secondary N) is 1. The molecular weight excluding hydrogens is 476 g/mol. The topological polar surface area (TPSA) is 69.0 Å². The van der Waals surface area contributed by atoms with Gasteiger partial charge >= 0.3 is 0 Å². The average Bonchev–Trinajstić information content (AvgIpc) is 3.12. The van der Waals surface area contributed by atoms with E-state index in [1.807, 2.05) is 48.7 Å². The summed E-state index contributed by atoms with van der Waals surface area (Å²) in [5, 5.41) is 12.6. The van der Waals surface area contributed by atoms with E-state index in [2.05, 4.69) is 31.4 Å². The minimum absolute atomic E-state index is 0.160. The van der Waals surface area contributed by atoms with Gasteiger partial charge in [-0.3, -0.25) is 4.79 Å². The number of carbonyl (C=O) groups excluding carboxylic acids is 1. The second kappa shape index (κ2) is 10.1. The van der Waals surface area contributed by atoms with Crippen molar-refractivity contribution >= 4 is 50.9 Å². The minimum Gasteiger partial charge on any atom is -0.494 e. The van der Waals surface area contributed by atoms with E-state index in [0.29, 0.717) is 29.0 Å². The van der Waals surface area contributed by atoms with E-state index in [0.717, 1.165) is 21.6 Å². The molecule has 0 bridgehead atoms. The number of amides is 1. The molecule has 0 radical (unpaired) electrons. The van der Waals surface area contributed by atoms with Crippen LogP contribution in [0.5, 0.6) is 5.75 Å². The molecule has 3 rings (SSSR count). The Morgan fingerprint density at radius 2 is 1.97 bits per heavy atom. The largest absolute Gasteiger partial charge is 0.494 e. The second-order valence-electron chi connectivity index (χ2n) is 5.97. The average molecular weight is 496 g/mol. The molecule has 6 nitrogen and oxygen atoms in total. The summed E-state index contributed by atoms with van der Waals surface area (Å²) in [7, 11) is 0. The van der Waals surface area contributed by atoms with Crippen molar-refractivity contribution in [2.75, 3.05) is 17.7 Å². The number of halogens is 2. The first-order valence-corrected chi connectivity index (χ1v) is 11.2. The molecule has 1 aromatic heterocycles. The van der Waals surface area contributed by atoms with Crippen LogP contribution in [0.4, 0.5) is 5.69 Å². The number of hydrogen-bond acceptors (Lipinski definition) is 5. The van der Waals surface area contributed by atoms with E-state index in [9.17, 15) is 4.79 Å². The van der Waals surface area contributed by atoms with Crippen molar-refractivity contribution in [3.63, 3.8) is 0 Å². The van der Waals surface area contributed by atoms with E-state index in [-0.39, 0.29) is 11.7 Å². The molecule has 152 valence electrons. The normalized spacial score (nSPS) is 10.8. The molecule has 29 heavy (non-hydrogen) atoms. The van der Waals surface area contributed by atoms with E-state index in [1.165, 1.54) is 11.8 Å².